The molecular formula is C14H23N5O. The van der Waals surface area contributed by atoms with E-state index in [1.165, 1.54) is 4.68 Å². The Morgan fingerprint density at radius 1 is 1.40 bits per heavy atom. The summed E-state index contributed by atoms with van der Waals surface area (Å²) in [5.74, 6) is 0. The van der Waals surface area contributed by atoms with Crippen LogP contribution in [0.25, 0.3) is 0 Å². The van der Waals surface area contributed by atoms with E-state index in [1.807, 2.05) is 0 Å². The average Bonchev–Trinajstić information content (AvgIpc) is 2.46. The summed E-state index contributed by atoms with van der Waals surface area (Å²) in [5.41, 5.74) is 0.889. The summed E-state index contributed by atoms with van der Waals surface area (Å²) in [6, 6.07) is 1.69. The monoisotopic (exact) mass is 277 g/mol. The molecule has 1 fully saturated rings. The lowest BCUT2D eigenvalue weighted by Crippen LogP contribution is -2.45. The molecule has 0 radical (unpaired) electrons. The Kier molecular flexibility index (Phi) is 5.31. The normalized spacial score (nSPS) is 16.4. The topological polar surface area (TPSA) is 53.4 Å². The molecule has 6 nitrogen and oxygen atoms in total. The highest BCUT2D eigenvalue weighted by molar-refractivity contribution is 5.43. The fourth-order valence-corrected chi connectivity index (χ4v) is 2.22. The van der Waals surface area contributed by atoms with Gasteiger partial charge in [0.2, 0.25) is 0 Å². The maximum atomic E-state index is 12.0. The van der Waals surface area contributed by atoms with Gasteiger partial charge in [-0.3, -0.25) is 4.79 Å². The van der Waals surface area contributed by atoms with Crippen molar-refractivity contribution in [2.45, 2.75) is 6.54 Å². The van der Waals surface area contributed by atoms with E-state index in [2.05, 4.69) is 33.8 Å². The van der Waals surface area contributed by atoms with Crippen molar-refractivity contribution in [3.05, 3.63) is 35.3 Å². The fraction of sp³-hybridized carbons (Fsp3) is 0.571. The highest BCUT2D eigenvalue weighted by Crippen LogP contribution is 2.11. The van der Waals surface area contributed by atoms with Crippen LogP contribution in [0.1, 0.15) is 0 Å². The Bertz CT molecular complexity index is 491. The molecule has 0 aromatic carbocycles. The second kappa shape index (κ2) is 7.21. The second-order valence-electron chi connectivity index (χ2n) is 5.06. The van der Waals surface area contributed by atoms with E-state index in [4.69, 9.17) is 0 Å². The van der Waals surface area contributed by atoms with Crippen LogP contribution in [0.3, 0.4) is 0 Å². The van der Waals surface area contributed by atoms with Crippen LogP contribution in [0.2, 0.25) is 0 Å². The molecule has 20 heavy (non-hydrogen) atoms. The Hall–Kier alpha value is -1.66. The number of piperazine rings is 1. The van der Waals surface area contributed by atoms with Crippen molar-refractivity contribution in [1.29, 1.82) is 0 Å². The van der Waals surface area contributed by atoms with Crippen molar-refractivity contribution in [2.24, 2.45) is 0 Å². The molecule has 0 aliphatic carbocycles. The highest BCUT2D eigenvalue weighted by atomic mass is 16.1. The molecule has 1 saturated heterocycles. The Labute approximate surface area is 119 Å². The molecule has 2 rings (SSSR count). The molecule has 1 aliphatic heterocycles. The van der Waals surface area contributed by atoms with Crippen LogP contribution in [0.5, 0.6) is 0 Å². The second-order valence-corrected chi connectivity index (χ2v) is 5.06. The molecule has 0 unspecified atom stereocenters. The van der Waals surface area contributed by atoms with E-state index >= 15 is 0 Å². The molecule has 1 aliphatic rings. The predicted molar refractivity (Wildman–Crippen MR) is 81.3 cm³/mol. The first-order valence-electron chi connectivity index (χ1n) is 7.03. The first-order chi connectivity index (χ1) is 9.70. The van der Waals surface area contributed by atoms with Crippen LogP contribution in [-0.2, 0) is 6.54 Å². The molecule has 6 heteroatoms. The SMILES string of the molecule is C=CCNCCn1ncc(N2CCN(C)CC2)cc1=O. The van der Waals surface area contributed by atoms with Gasteiger partial charge < -0.3 is 15.1 Å². The molecule has 0 bridgehead atoms. The Morgan fingerprint density at radius 3 is 2.80 bits per heavy atom. The van der Waals surface area contributed by atoms with Crippen LogP contribution >= 0.6 is 0 Å². The summed E-state index contributed by atoms with van der Waals surface area (Å²) >= 11 is 0. The van der Waals surface area contributed by atoms with E-state index in [1.54, 1.807) is 18.3 Å². The van der Waals surface area contributed by atoms with E-state index in [0.717, 1.165) is 38.4 Å². The van der Waals surface area contributed by atoms with Crippen LogP contribution < -0.4 is 15.8 Å². The van der Waals surface area contributed by atoms with Crippen molar-refractivity contribution in [3.63, 3.8) is 0 Å². The highest BCUT2D eigenvalue weighted by Gasteiger charge is 2.15. The molecular weight excluding hydrogens is 254 g/mol. The lowest BCUT2D eigenvalue weighted by molar-refractivity contribution is 0.312. The van der Waals surface area contributed by atoms with Crippen LogP contribution in [0, 0.1) is 0 Å². The third kappa shape index (κ3) is 3.91. The van der Waals surface area contributed by atoms with E-state index in [-0.39, 0.29) is 5.56 Å². The number of aromatic nitrogens is 2. The van der Waals surface area contributed by atoms with Gasteiger partial charge in [-0.2, -0.15) is 5.10 Å². The van der Waals surface area contributed by atoms with Crippen molar-refractivity contribution in [2.75, 3.05) is 51.2 Å². The van der Waals surface area contributed by atoms with Gasteiger partial charge in [0.05, 0.1) is 18.4 Å². The van der Waals surface area contributed by atoms with E-state index < -0.39 is 0 Å². The maximum Gasteiger partial charge on any atom is 0.268 e. The smallest absolute Gasteiger partial charge is 0.268 e. The quantitative estimate of drug-likeness (QED) is 0.575. The Balaban J connectivity index is 1.95. The third-order valence-electron chi connectivity index (χ3n) is 3.51. The van der Waals surface area contributed by atoms with Crippen LogP contribution in [0.15, 0.2) is 29.7 Å². The molecule has 1 aromatic rings. The standard InChI is InChI=1S/C14H23N5O/c1-3-4-15-5-6-19-14(20)11-13(12-16-19)18-9-7-17(2)8-10-18/h3,11-12,15H,1,4-10H2,2H3. The minimum Gasteiger partial charge on any atom is -0.368 e. The number of hydrogen-bond donors (Lipinski definition) is 1. The van der Waals surface area contributed by atoms with Crippen molar-refractivity contribution >= 4 is 5.69 Å². The summed E-state index contributed by atoms with van der Waals surface area (Å²) in [7, 11) is 2.11. The summed E-state index contributed by atoms with van der Waals surface area (Å²) in [4.78, 5) is 16.5. The predicted octanol–water partition coefficient (Wildman–Crippen LogP) is -0.229. The molecule has 1 aromatic heterocycles. The fourth-order valence-electron chi connectivity index (χ4n) is 2.22. The first-order valence-corrected chi connectivity index (χ1v) is 7.03. The number of anilines is 1. The Morgan fingerprint density at radius 2 is 2.15 bits per heavy atom. The summed E-state index contributed by atoms with van der Waals surface area (Å²) in [5, 5.41) is 7.41. The van der Waals surface area contributed by atoms with Crippen LogP contribution in [0.4, 0.5) is 5.69 Å². The van der Waals surface area contributed by atoms with Crippen molar-refractivity contribution < 1.29 is 0 Å². The number of nitrogens with one attached hydrogen (secondary N) is 1. The van der Waals surface area contributed by atoms with Crippen molar-refractivity contribution in [3.8, 4) is 0 Å². The summed E-state index contributed by atoms with van der Waals surface area (Å²) < 4.78 is 1.50. The molecule has 110 valence electrons. The average molecular weight is 277 g/mol. The van der Waals surface area contributed by atoms with E-state index in [0.29, 0.717) is 13.1 Å². The van der Waals surface area contributed by atoms with Gasteiger partial charge in [-0.25, -0.2) is 4.68 Å². The third-order valence-corrected chi connectivity index (χ3v) is 3.51. The van der Waals surface area contributed by atoms with Crippen molar-refractivity contribution in [1.82, 2.24) is 20.0 Å². The summed E-state index contributed by atoms with van der Waals surface area (Å²) in [6.45, 7) is 9.61. The summed E-state index contributed by atoms with van der Waals surface area (Å²) in [6.07, 6.45) is 3.59. The number of nitrogens with zero attached hydrogens (tertiary/aromatic N) is 4. The van der Waals surface area contributed by atoms with Gasteiger partial charge in [0, 0.05) is 45.3 Å². The number of rotatable bonds is 6. The molecule has 0 amide bonds. The zero-order chi connectivity index (χ0) is 14.4. The van der Waals surface area contributed by atoms with E-state index in [9.17, 15) is 4.79 Å². The minimum atomic E-state index is -0.0400. The van der Waals surface area contributed by atoms with Gasteiger partial charge in [0.15, 0.2) is 0 Å². The van der Waals surface area contributed by atoms with Gasteiger partial charge in [-0.05, 0) is 7.05 Å². The maximum absolute atomic E-state index is 12.0. The van der Waals surface area contributed by atoms with Gasteiger partial charge in [0.25, 0.3) is 5.56 Å². The largest absolute Gasteiger partial charge is 0.368 e. The zero-order valence-corrected chi connectivity index (χ0v) is 12.1. The lowest BCUT2D eigenvalue weighted by Gasteiger charge is -2.33. The molecule has 0 atom stereocenters. The molecule has 0 spiro atoms. The van der Waals surface area contributed by atoms with Crippen LogP contribution in [-0.4, -0.2) is 61.0 Å². The number of hydrogen-bond acceptors (Lipinski definition) is 5. The first kappa shape index (κ1) is 14.7. The minimum absolute atomic E-state index is 0.0400. The van der Waals surface area contributed by atoms with Gasteiger partial charge in [0.1, 0.15) is 0 Å². The van der Waals surface area contributed by atoms with Gasteiger partial charge in [-0.1, -0.05) is 6.08 Å². The van der Waals surface area contributed by atoms with Gasteiger partial charge >= 0.3 is 0 Å². The van der Waals surface area contributed by atoms with Gasteiger partial charge in [-0.15, -0.1) is 6.58 Å². The lowest BCUT2D eigenvalue weighted by atomic mass is 10.3. The number of likely N-dealkylation sites (N-methyl/N-ethyl adjacent to an activating group) is 1. The molecule has 2 heterocycles. The molecule has 1 N–H and O–H groups in total. The molecule has 0 saturated carbocycles. The zero-order valence-electron chi connectivity index (χ0n) is 12.1.